The number of thiophene rings is 1. The van der Waals surface area contributed by atoms with Crippen molar-refractivity contribution in [3.63, 3.8) is 0 Å². The molecule has 0 aliphatic carbocycles. The Morgan fingerprint density at radius 1 is 1.62 bits per heavy atom. The van der Waals surface area contributed by atoms with Gasteiger partial charge in [0.25, 0.3) is 0 Å². The van der Waals surface area contributed by atoms with Crippen molar-refractivity contribution in [2.24, 2.45) is 0 Å². The number of carboxylic acid groups (broad SMARTS) is 1. The number of rotatable bonds is 6. The van der Waals surface area contributed by atoms with Gasteiger partial charge in [-0.2, -0.15) is 0 Å². The molecule has 0 radical (unpaired) electrons. The van der Waals surface area contributed by atoms with Crippen molar-refractivity contribution in [1.82, 2.24) is 10.2 Å². The molecular weight excluding hydrogens is 224 g/mol. The van der Waals surface area contributed by atoms with Gasteiger partial charge in [0.05, 0.1) is 5.56 Å². The van der Waals surface area contributed by atoms with Crippen LogP contribution in [0.1, 0.15) is 22.2 Å². The molecule has 0 fully saturated rings. The molecule has 0 saturated carbocycles. The molecule has 5 heteroatoms. The Morgan fingerprint density at radius 2 is 2.31 bits per heavy atom. The standard InChI is InChI=1S/C11H18N2O2S/c1-8(6-13(2)3)12-5-10-4-9(7-16-10)11(14)15/h4,7-8,12H,5-6H2,1-3H3,(H,14,15). The molecule has 1 heterocycles. The molecule has 0 aromatic carbocycles. The van der Waals surface area contributed by atoms with E-state index in [-0.39, 0.29) is 0 Å². The number of aromatic carboxylic acids is 1. The summed E-state index contributed by atoms with van der Waals surface area (Å²) in [6, 6.07) is 2.12. The normalized spacial score (nSPS) is 13.0. The highest BCUT2D eigenvalue weighted by Crippen LogP contribution is 2.14. The van der Waals surface area contributed by atoms with E-state index in [1.807, 2.05) is 14.1 Å². The average Bonchev–Trinajstić information content (AvgIpc) is 2.61. The van der Waals surface area contributed by atoms with Crippen LogP contribution in [-0.4, -0.2) is 42.7 Å². The summed E-state index contributed by atoms with van der Waals surface area (Å²) in [5.74, 6) is -0.858. The molecule has 0 amide bonds. The monoisotopic (exact) mass is 242 g/mol. The molecule has 90 valence electrons. The predicted octanol–water partition coefficient (Wildman–Crippen LogP) is 1.49. The summed E-state index contributed by atoms with van der Waals surface area (Å²) in [5.41, 5.74) is 0.377. The van der Waals surface area contributed by atoms with Crippen LogP contribution in [0.4, 0.5) is 0 Å². The van der Waals surface area contributed by atoms with Crippen LogP contribution in [0.5, 0.6) is 0 Å². The van der Waals surface area contributed by atoms with Crippen LogP contribution >= 0.6 is 11.3 Å². The second-order valence-electron chi connectivity index (χ2n) is 4.15. The summed E-state index contributed by atoms with van der Waals surface area (Å²) >= 11 is 1.48. The van der Waals surface area contributed by atoms with Gasteiger partial charge in [-0.15, -0.1) is 11.3 Å². The van der Waals surface area contributed by atoms with E-state index < -0.39 is 5.97 Å². The predicted molar refractivity (Wildman–Crippen MR) is 66.1 cm³/mol. The summed E-state index contributed by atoms with van der Waals surface area (Å²) in [4.78, 5) is 13.9. The maximum absolute atomic E-state index is 10.7. The summed E-state index contributed by atoms with van der Waals surface area (Å²) in [5, 5.41) is 13.8. The lowest BCUT2D eigenvalue weighted by molar-refractivity contribution is 0.0697. The number of carboxylic acids is 1. The third kappa shape index (κ3) is 4.30. The second-order valence-corrected chi connectivity index (χ2v) is 5.15. The van der Waals surface area contributed by atoms with Gasteiger partial charge in [-0.1, -0.05) is 0 Å². The molecule has 0 saturated heterocycles. The Bertz CT molecular complexity index is 350. The second kappa shape index (κ2) is 5.98. The molecule has 0 aliphatic rings. The number of nitrogens with zero attached hydrogens (tertiary/aromatic N) is 1. The highest BCUT2D eigenvalue weighted by Gasteiger charge is 2.07. The van der Waals surface area contributed by atoms with Gasteiger partial charge in [0.2, 0.25) is 0 Å². The quantitative estimate of drug-likeness (QED) is 0.793. The van der Waals surface area contributed by atoms with E-state index >= 15 is 0 Å². The van der Waals surface area contributed by atoms with Gasteiger partial charge in [-0.05, 0) is 27.1 Å². The van der Waals surface area contributed by atoms with Crippen molar-refractivity contribution < 1.29 is 9.90 Å². The molecule has 1 atom stereocenters. The van der Waals surface area contributed by atoms with E-state index in [4.69, 9.17) is 5.11 Å². The van der Waals surface area contributed by atoms with Crippen LogP contribution < -0.4 is 5.32 Å². The van der Waals surface area contributed by atoms with Crippen LogP contribution in [0, 0.1) is 0 Å². The molecular formula is C11H18N2O2S. The van der Waals surface area contributed by atoms with Gasteiger partial charge in [-0.25, -0.2) is 4.79 Å². The summed E-state index contributed by atoms with van der Waals surface area (Å²) in [6.07, 6.45) is 0. The minimum atomic E-state index is -0.858. The highest BCUT2D eigenvalue weighted by atomic mass is 32.1. The third-order valence-corrected chi connectivity index (χ3v) is 3.10. The first-order valence-corrected chi connectivity index (χ1v) is 6.06. The fraction of sp³-hybridized carbons (Fsp3) is 0.545. The summed E-state index contributed by atoms with van der Waals surface area (Å²) in [7, 11) is 4.07. The van der Waals surface area contributed by atoms with Crippen LogP contribution in [0.2, 0.25) is 0 Å². The van der Waals surface area contributed by atoms with Crippen molar-refractivity contribution in [3.05, 3.63) is 21.9 Å². The first-order chi connectivity index (χ1) is 7.49. The number of hydrogen-bond acceptors (Lipinski definition) is 4. The zero-order chi connectivity index (χ0) is 12.1. The van der Waals surface area contributed by atoms with E-state index in [1.54, 1.807) is 11.4 Å². The van der Waals surface area contributed by atoms with Crippen LogP contribution in [0.25, 0.3) is 0 Å². The average molecular weight is 242 g/mol. The van der Waals surface area contributed by atoms with Gasteiger partial charge in [0.15, 0.2) is 0 Å². The lowest BCUT2D eigenvalue weighted by atomic mass is 10.3. The lowest BCUT2D eigenvalue weighted by Gasteiger charge is -2.17. The van der Waals surface area contributed by atoms with Gasteiger partial charge < -0.3 is 15.3 Å². The molecule has 4 nitrogen and oxygen atoms in total. The van der Waals surface area contributed by atoms with E-state index in [0.29, 0.717) is 11.6 Å². The molecule has 1 unspecified atom stereocenters. The maximum atomic E-state index is 10.7. The Hall–Kier alpha value is -0.910. The maximum Gasteiger partial charge on any atom is 0.336 e. The first-order valence-electron chi connectivity index (χ1n) is 5.18. The van der Waals surface area contributed by atoms with Gasteiger partial charge in [-0.3, -0.25) is 0 Å². The van der Waals surface area contributed by atoms with E-state index in [1.165, 1.54) is 11.3 Å². The van der Waals surface area contributed by atoms with Crippen molar-refractivity contribution in [3.8, 4) is 0 Å². The summed E-state index contributed by atoms with van der Waals surface area (Å²) in [6.45, 7) is 3.82. The minimum absolute atomic E-state index is 0.377. The molecule has 1 rings (SSSR count). The zero-order valence-electron chi connectivity index (χ0n) is 9.86. The number of hydrogen-bond donors (Lipinski definition) is 2. The Kier molecular flexibility index (Phi) is 4.92. The van der Waals surface area contributed by atoms with Gasteiger partial charge >= 0.3 is 5.97 Å². The van der Waals surface area contributed by atoms with Crippen LogP contribution in [0.3, 0.4) is 0 Å². The van der Waals surface area contributed by atoms with Crippen molar-refractivity contribution in [2.45, 2.75) is 19.5 Å². The Morgan fingerprint density at radius 3 is 2.81 bits per heavy atom. The molecule has 16 heavy (non-hydrogen) atoms. The van der Waals surface area contributed by atoms with Crippen LogP contribution in [0.15, 0.2) is 11.4 Å². The zero-order valence-corrected chi connectivity index (χ0v) is 10.7. The number of nitrogens with one attached hydrogen (secondary N) is 1. The van der Waals surface area contributed by atoms with Crippen molar-refractivity contribution in [1.29, 1.82) is 0 Å². The number of likely N-dealkylation sites (N-methyl/N-ethyl adjacent to an activating group) is 1. The van der Waals surface area contributed by atoms with Crippen molar-refractivity contribution >= 4 is 17.3 Å². The first kappa shape index (κ1) is 13.2. The fourth-order valence-electron chi connectivity index (χ4n) is 1.47. The van der Waals surface area contributed by atoms with Crippen LogP contribution in [-0.2, 0) is 6.54 Å². The van der Waals surface area contributed by atoms with E-state index in [0.717, 1.165) is 18.0 Å². The topological polar surface area (TPSA) is 52.6 Å². The molecule has 1 aromatic heterocycles. The molecule has 0 aliphatic heterocycles. The smallest absolute Gasteiger partial charge is 0.336 e. The van der Waals surface area contributed by atoms with E-state index in [2.05, 4.69) is 17.1 Å². The Balaban J connectivity index is 2.39. The Labute approximate surface area is 99.9 Å². The SMILES string of the molecule is CC(CN(C)C)NCc1cc(C(=O)O)cs1. The van der Waals surface area contributed by atoms with Gasteiger partial charge in [0, 0.05) is 29.4 Å². The molecule has 2 N–H and O–H groups in total. The molecule has 0 spiro atoms. The molecule has 0 bridgehead atoms. The van der Waals surface area contributed by atoms with E-state index in [9.17, 15) is 4.79 Å². The molecule has 1 aromatic rings. The largest absolute Gasteiger partial charge is 0.478 e. The fourth-order valence-corrected chi connectivity index (χ4v) is 2.28. The minimum Gasteiger partial charge on any atom is -0.478 e. The number of carbonyl (C=O) groups is 1. The van der Waals surface area contributed by atoms with Gasteiger partial charge in [0.1, 0.15) is 0 Å². The lowest BCUT2D eigenvalue weighted by Crippen LogP contribution is -2.35. The van der Waals surface area contributed by atoms with Crippen molar-refractivity contribution in [2.75, 3.05) is 20.6 Å². The summed E-state index contributed by atoms with van der Waals surface area (Å²) < 4.78 is 0. The highest BCUT2D eigenvalue weighted by molar-refractivity contribution is 7.10. The third-order valence-electron chi connectivity index (χ3n) is 2.16.